The van der Waals surface area contributed by atoms with E-state index in [4.69, 9.17) is 0 Å². The maximum atomic E-state index is 13.3. The van der Waals surface area contributed by atoms with E-state index in [1.54, 1.807) is 4.31 Å². The van der Waals surface area contributed by atoms with Gasteiger partial charge in [-0.25, -0.2) is 16.8 Å². The number of sulfone groups is 1. The topological polar surface area (TPSA) is 74.8 Å². The van der Waals surface area contributed by atoms with Crippen molar-refractivity contribution in [2.75, 3.05) is 44.7 Å². The van der Waals surface area contributed by atoms with Crippen LogP contribution < -0.4 is 0 Å². The Kier molecular flexibility index (Phi) is 6.77. The smallest absolute Gasteiger partial charge is 0.243 e. The van der Waals surface area contributed by atoms with Crippen molar-refractivity contribution in [1.29, 1.82) is 0 Å². The van der Waals surface area contributed by atoms with Gasteiger partial charge in [-0.15, -0.1) is 0 Å². The number of sulfonamides is 1. The number of piperazine rings is 1. The first-order chi connectivity index (χ1) is 12.4. The number of benzene rings is 1. The summed E-state index contributed by atoms with van der Waals surface area (Å²) in [5.41, 5.74) is 4.91. The quantitative estimate of drug-likeness (QED) is 0.709. The fourth-order valence-corrected chi connectivity index (χ4v) is 6.36. The first kappa shape index (κ1) is 22.3. The van der Waals surface area contributed by atoms with Gasteiger partial charge in [0, 0.05) is 32.4 Å². The second-order valence-electron chi connectivity index (χ2n) is 7.68. The Balaban J connectivity index is 2.14. The summed E-state index contributed by atoms with van der Waals surface area (Å²) in [6.45, 7) is 12.6. The Bertz CT molecular complexity index is 885. The van der Waals surface area contributed by atoms with E-state index in [-0.39, 0.29) is 5.75 Å². The van der Waals surface area contributed by atoms with Crippen LogP contribution in [0.1, 0.15) is 34.2 Å². The molecule has 0 spiro atoms. The number of rotatable bonds is 6. The first-order valence-corrected chi connectivity index (χ1v) is 12.8. The minimum Gasteiger partial charge on any atom is -0.301 e. The predicted octanol–water partition coefficient (Wildman–Crippen LogP) is 1.97. The minimum atomic E-state index is -3.54. The lowest BCUT2D eigenvalue weighted by Crippen LogP contribution is -2.49. The Morgan fingerprint density at radius 1 is 0.741 bits per heavy atom. The second kappa shape index (κ2) is 8.19. The summed E-state index contributed by atoms with van der Waals surface area (Å²) < 4.78 is 50.7. The lowest BCUT2D eigenvalue weighted by atomic mass is 9.95. The monoisotopic (exact) mass is 416 g/mol. The molecular weight excluding hydrogens is 384 g/mol. The number of hydrogen-bond acceptors (Lipinski definition) is 5. The molecule has 0 saturated carbocycles. The van der Waals surface area contributed by atoms with Gasteiger partial charge in [0.1, 0.15) is 9.84 Å². The van der Waals surface area contributed by atoms with Crippen LogP contribution in [0.2, 0.25) is 0 Å². The zero-order valence-corrected chi connectivity index (χ0v) is 18.9. The Hall–Kier alpha value is -0.960. The van der Waals surface area contributed by atoms with Gasteiger partial charge in [-0.1, -0.05) is 0 Å². The lowest BCUT2D eigenvalue weighted by Gasteiger charge is -2.35. The molecule has 1 heterocycles. The third-order valence-corrected chi connectivity index (χ3v) is 9.05. The molecule has 1 fully saturated rings. The summed E-state index contributed by atoms with van der Waals surface area (Å²) in [6.07, 6.45) is 1.83. The Labute approximate surface area is 164 Å². The highest BCUT2D eigenvalue weighted by Crippen LogP contribution is 2.31. The zero-order chi connectivity index (χ0) is 20.6. The van der Waals surface area contributed by atoms with Gasteiger partial charge >= 0.3 is 0 Å². The molecule has 1 aromatic rings. The molecule has 0 N–H and O–H groups in total. The number of nitrogens with zero attached hydrogens (tertiary/aromatic N) is 2. The molecule has 0 radical (unpaired) electrons. The molecule has 0 atom stereocenters. The molecule has 0 aromatic heterocycles. The van der Waals surface area contributed by atoms with Crippen LogP contribution in [0.3, 0.4) is 0 Å². The summed E-state index contributed by atoms with van der Waals surface area (Å²) in [7, 11) is -6.49. The van der Waals surface area contributed by atoms with Crippen molar-refractivity contribution >= 4 is 19.9 Å². The van der Waals surface area contributed by atoms with Crippen LogP contribution >= 0.6 is 0 Å². The maximum absolute atomic E-state index is 13.3. The summed E-state index contributed by atoms with van der Waals surface area (Å²) in [6, 6.07) is 0. The normalized spacial score (nSPS) is 17.4. The van der Waals surface area contributed by atoms with Crippen LogP contribution in [0.5, 0.6) is 0 Å². The molecule has 154 valence electrons. The van der Waals surface area contributed by atoms with Crippen LogP contribution in [0.15, 0.2) is 4.90 Å². The van der Waals surface area contributed by atoms with Crippen molar-refractivity contribution in [3.05, 3.63) is 27.8 Å². The summed E-state index contributed by atoms with van der Waals surface area (Å²) in [4.78, 5) is 2.59. The Morgan fingerprint density at radius 2 is 1.19 bits per heavy atom. The fraction of sp³-hybridized carbons (Fsp3) is 0.684. The number of hydrogen-bond donors (Lipinski definition) is 0. The molecule has 2 rings (SSSR count). The average Bonchev–Trinajstić information content (AvgIpc) is 2.57. The predicted molar refractivity (Wildman–Crippen MR) is 110 cm³/mol. The summed E-state index contributed by atoms with van der Waals surface area (Å²) in [5, 5.41) is 0. The van der Waals surface area contributed by atoms with Gasteiger partial charge in [0.15, 0.2) is 0 Å². The van der Waals surface area contributed by atoms with Crippen LogP contribution in [-0.2, 0) is 19.9 Å². The van der Waals surface area contributed by atoms with Crippen molar-refractivity contribution in [2.45, 2.75) is 45.9 Å². The van der Waals surface area contributed by atoms with E-state index in [2.05, 4.69) is 4.90 Å². The second-order valence-corrected chi connectivity index (χ2v) is 11.8. The van der Waals surface area contributed by atoms with E-state index >= 15 is 0 Å². The van der Waals surface area contributed by atoms with E-state index < -0.39 is 19.9 Å². The van der Waals surface area contributed by atoms with E-state index in [9.17, 15) is 16.8 Å². The molecular formula is C19H32N2O4S2. The summed E-state index contributed by atoms with van der Waals surface area (Å²) >= 11 is 0. The van der Waals surface area contributed by atoms with Crippen LogP contribution in [0.4, 0.5) is 0 Å². The van der Waals surface area contributed by atoms with Gasteiger partial charge in [-0.2, -0.15) is 4.31 Å². The molecule has 6 nitrogen and oxygen atoms in total. The maximum Gasteiger partial charge on any atom is 0.243 e. The minimum absolute atomic E-state index is 0.172. The molecule has 0 amide bonds. The highest BCUT2D eigenvalue weighted by Gasteiger charge is 2.32. The highest BCUT2D eigenvalue weighted by molar-refractivity contribution is 7.90. The SMILES string of the molecule is Cc1c(C)c(C)c(S(=O)(=O)N2CCN(CCCS(C)(=O)=O)CC2)c(C)c1C. The van der Waals surface area contributed by atoms with E-state index in [0.29, 0.717) is 44.0 Å². The lowest BCUT2D eigenvalue weighted by molar-refractivity contribution is 0.189. The molecule has 1 saturated heterocycles. The third kappa shape index (κ3) is 4.91. The van der Waals surface area contributed by atoms with Gasteiger partial charge in [0.05, 0.1) is 10.6 Å². The zero-order valence-electron chi connectivity index (χ0n) is 17.3. The van der Waals surface area contributed by atoms with Crippen molar-refractivity contribution in [3.8, 4) is 0 Å². The van der Waals surface area contributed by atoms with Gasteiger partial charge in [0.2, 0.25) is 10.0 Å². The van der Waals surface area contributed by atoms with E-state index in [0.717, 1.165) is 27.8 Å². The Morgan fingerprint density at radius 3 is 1.63 bits per heavy atom. The average molecular weight is 417 g/mol. The third-order valence-electron chi connectivity index (χ3n) is 5.85. The fourth-order valence-electron chi connectivity index (χ4n) is 3.73. The van der Waals surface area contributed by atoms with E-state index in [1.165, 1.54) is 6.26 Å². The standard InChI is InChI=1S/C19H32N2O4S2/c1-14-15(2)17(4)19(18(5)16(14)3)27(24,25)21-11-9-20(10-12-21)8-7-13-26(6,22)23/h7-13H2,1-6H3. The van der Waals surface area contributed by atoms with Crippen molar-refractivity contribution in [1.82, 2.24) is 9.21 Å². The van der Waals surface area contributed by atoms with Crippen LogP contribution in [0.25, 0.3) is 0 Å². The molecule has 0 aliphatic carbocycles. The molecule has 1 aliphatic heterocycles. The van der Waals surface area contributed by atoms with Crippen LogP contribution in [0, 0.1) is 34.6 Å². The largest absolute Gasteiger partial charge is 0.301 e. The van der Waals surface area contributed by atoms with Crippen molar-refractivity contribution < 1.29 is 16.8 Å². The first-order valence-electron chi connectivity index (χ1n) is 9.33. The molecule has 8 heteroatoms. The van der Waals surface area contributed by atoms with Gasteiger partial charge in [0.25, 0.3) is 0 Å². The van der Waals surface area contributed by atoms with Gasteiger partial charge < -0.3 is 4.90 Å². The van der Waals surface area contributed by atoms with Crippen LogP contribution in [-0.4, -0.2) is 70.8 Å². The van der Waals surface area contributed by atoms with Crippen molar-refractivity contribution in [2.24, 2.45) is 0 Å². The van der Waals surface area contributed by atoms with Gasteiger partial charge in [-0.05, 0) is 75.4 Å². The molecule has 1 aliphatic rings. The molecule has 0 unspecified atom stereocenters. The molecule has 0 bridgehead atoms. The van der Waals surface area contributed by atoms with Gasteiger partial charge in [-0.3, -0.25) is 0 Å². The van der Waals surface area contributed by atoms with E-state index in [1.807, 2.05) is 34.6 Å². The molecule has 27 heavy (non-hydrogen) atoms. The van der Waals surface area contributed by atoms with Crippen molar-refractivity contribution in [3.63, 3.8) is 0 Å². The highest BCUT2D eigenvalue weighted by atomic mass is 32.2. The summed E-state index contributed by atoms with van der Waals surface area (Å²) in [5.74, 6) is 0.172. The molecule has 1 aromatic carbocycles.